The van der Waals surface area contributed by atoms with E-state index in [0.29, 0.717) is 17.4 Å². The highest BCUT2D eigenvalue weighted by Gasteiger charge is 2.29. The smallest absolute Gasteiger partial charge is 0.129 e. The number of aliphatic hydroxyl groups excluding tert-OH is 1. The molecule has 1 aromatic carbocycles. The van der Waals surface area contributed by atoms with Crippen molar-refractivity contribution in [3.8, 4) is 0 Å². The maximum Gasteiger partial charge on any atom is 0.129 e. The van der Waals surface area contributed by atoms with Crippen LogP contribution in [0.4, 0.5) is 4.39 Å². The summed E-state index contributed by atoms with van der Waals surface area (Å²) in [4.78, 5) is 2.38. The third-order valence-electron chi connectivity index (χ3n) is 4.37. The summed E-state index contributed by atoms with van der Waals surface area (Å²) >= 11 is 0. The molecule has 0 saturated carbocycles. The minimum Gasteiger partial charge on any atom is -0.388 e. The highest BCUT2D eigenvalue weighted by atomic mass is 19.1. The van der Waals surface area contributed by atoms with Gasteiger partial charge in [0.2, 0.25) is 0 Å². The fourth-order valence-electron chi connectivity index (χ4n) is 2.93. The van der Waals surface area contributed by atoms with Gasteiger partial charge in [-0.05, 0) is 23.8 Å². The summed E-state index contributed by atoms with van der Waals surface area (Å²) in [6, 6.07) is 6.51. The SMILES string of the molecule is CC1CN(CC(C)C(O)c2ccccc2F)CC1C. The van der Waals surface area contributed by atoms with E-state index in [1.807, 2.05) is 6.92 Å². The lowest BCUT2D eigenvalue weighted by Gasteiger charge is -2.25. The Morgan fingerprint density at radius 2 is 1.84 bits per heavy atom. The molecule has 106 valence electrons. The van der Waals surface area contributed by atoms with Crippen molar-refractivity contribution >= 4 is 0 Å². The lowest BCUT2D eigenvalue weighted by atomic mass is 9.96. The van der Waals surface area contributed by atoms with Gasteiger partial charge in [0.25, 0.3) is 0 Å². The van der Waals surface area contributed by atoms with E-state index >= 15 is 0 Å². The van der Waals surface area contributed by atoms with E-state index in [2.05, 4.69) is 18.7 Å². The molecule has 0 aromatic heterocycles. The normalized spacial score (nSPS) is 27.4. The number of hydrogen-bond acceptors (Lipinski definition) is 2. The van der Waals surface area contributed by atoms with Crippen LogP contribution in [0.3, 0.4) is 0 Å². The van der Waals surface area contributed by atoms with Gasteiger partial charge in [-0.3, -0.25) is 0 Å². The zero-order chi connectivity index (χ0) is 14.0. The molecule has 0 radical (unpaired) electrons. The van der Waals surface area contributed by atoms with E-state index in [-0.39, 0.29) is 11.7 Å². The van der Waals surface area contributed by atoms with Crippen LogP contribution in [0.15, 0.2) is 24.3 Å². The summed E-state index contributed by atoms with van der Waals surface area (Å²) in [6.45, 7) is 9.51. The maximum absolute atomic E-state index is 13.7. The minimum absolute atomic E-state index is 0.0365. The number of aliphatic hydroxyl groups is 1. The lowest BCUT2D eigenvalue weighted by molar-refractivity contribution is 0.0901. The summed E-state index contributed by atoms with van der Waals surface area (Å²) in [6.07, 6.45) is -0.729. The van der Waals surface area contributed by atoms with Crippen molar-refractivity contribution in [2.75, 3.05) is 19.6 Å². The molecule has 0 bridgehead atoms. The second kappa shape index (κ2) is 6.02. The van der Waals surface area contributed by atoms with Gasteiger partial charge >= 0.3 is 0 Å². The Morgan fingerprint density at radius 1 is 1.26 bits per heavy atom. The fourth-order valence-corrected chi connectivity index (χ4v) is 2.93. The molecule has 1 fully saturated rings. The molecule has 1 saturated heterocycles. The molecule has 0 amide bonds. The van der Waals surface area contributed by atoms with Crippen LogP contribution >= 0.6 is 0 Å². The van der Waals surface area contributed by atoms with Crippen LogP contribution in [-0.4, -0.2) is 29.6 Å². The van der Waals surface area contributed by atoms with Gasteiger partial charge in [0.15, 0.2) is 0 Å². The van der Waals surface area contributed by atoms with Crippen LogP contribution in [0.5, 0.6) is 0 Å². The predicted molar refractivity (Wildman–Crippen MR) is 75.3 cm³/mol. The Labute approximate surface area is 115 Å². The van der Waals surface area contributed by atoms with Crippen molar-refractivity contribution in [2.24, 2.45) is 17.8 Å². The van der Waals surface area contributed by atoms with E-state index in [4.69, 9.17) is 0 Å². The molecule has 1 aliphatic rings. The van der Waals surface area contributed by atoms with E-state index in [1.54, 1.807) is 18.2 Å². The number of nitrogens with zero attached hydrogens (tertiary/aromatic N) is 1. The van der Waals surface area contributed by atoms with Gasteiger partial charge in [-0.15, -0.1) is 0 Å². The van der Waals surface area contributed by atoms with Gasteiger partial charge in [-0.1, -0.05) is 39.0 Å². The summed E-state index contributed by atoms with van der Waals surface area (Å²) in [5.41, 5.74) is 0.412. The Balaban J connectivity index is 1.97. The summed E-state index contributed by atoms with van der Waals surface area (Å²) in [5, 5.41) is 10.3. The molecule has 0 spiro atoms. The van der Waals surface area contributed by atoms with E-state index < -0.39 is 6.10 Å². The van der Waals surface area contributed by atoms with Gasteiger partial charge in [0.1, 0.15) is 5.82 Å². The third-order valence-corrected chi connectivity index (χ3v) is 4.37. The zero-order valence-corrected chi connectivity index (χ0v) is 12.0. The largest absolute Gasteiger partial charge is 0.388 e. The van der Waals surface area contributed by atoms with Crippen molar-refractivity contribution in [1.82, 2.24) is 4.90 Å². The average Bonchev–Trinajstić information content (AvgIpc) is 2.68. The predicted octanol–water partition coefficient (Wildman–Crippen LogP) is 3.08. The first-order valence-electron chi connectivity index (χ1n) is 7.14. The first-order valence-corrected chi connectivity index (χ1v) is 7.14. The number of benzene rings is 1. The van der Waals surface area contributed by atoms with E-state index in [1.165, 1.54) is 6.07 Å². The van der Waals surface area contributed by atoms with Crippen molar-refractivity contribution in [1.29, 1.82) is 0 Å². The van der Waals surface area contributed by atoms with Crippen molar-refractivity contribution in [3.05, 3.63) is 35.6 Å². The van der Waals surface area contributed by atoms with Crippen LogP contribution in [0.1, 0.15) is 32.4 Å². The molecule has 0 aliphatic carbocycles. The zero-order valence-electron chi connectivity index (χ0n) is 12.0. The Kier molecular flexibility index (Phi) is 4.58. The molecule has 2 rings (SSSR count). The molecule has 4 unspecified atom stereocenters. The summed E-state index contributed by atoms with van der Waals surface area (Å²) in [7, 11) is 0. The Bertz CT molecular complexity index is 413. The molecule has 1 N–H and O–H groups in total. The highest BCUT2D eigenvalue weighted by Crippen LogP contribution is 2.28. The molecule has 1 heterocycles. The molecule has 1 aromatic rings. The van der Waals surface area contributed by atoms with Gasteiger partial charge in [0.05, 0.1) is 6.10 Å². The first-order chi connectivity index (χ1) is 8.99. The summed E-state index contributed by atoms with van der Waals surface area (Å²) < 4.78 is 13.7. The fraction of sp³-hybridized carbons (Fsp3) is 0.625. The molecule has 3 heteroatoms. The monoisotopic (exact) mass is 265 g/mol. The van der Waals surface area contributed by atoms with Crippen LogP contribution in [-0.2, 0) is 0 Å². The van der Waals surface area contributed by atoms with Gasteiger partial charge < -0.3 is 10.0 Å². The molecule has 1 aliphatic heterocycles. The van der Waals surface area contributed by atoms with Gasteiger partial charge in [-0.25, -0.2) is 4.39 Å². The van der Waals surface area contributed by atoms with Crippen LogP contribution in [0.25, 0.3) is 0 Å². The maximum atomic E-state index is 13.7. The minimum atomic E-state index is -0.729. The highest BCUT2D eigenvalue weighted by molar-refractivity contribution is 5.20. The van der Waals surface area contributed by atoms with E-state index in [0.717, 1.165) is 19.6 Å². The Morgan fingerprint density at radius 3 is 2.42 bits per heavy atom. The number of halogens is 1. The lowest BCUT2D eigenvalue weighted by Crippen LogP contribution is -2.29. The van der Waals surface area contributed by atoms with Crippen LogP contribution in [0, 0.1) is 23.6 Å². The second-order valence-corrected chi connectivity index (χ2v) is 6.12. The van der Waals surface area contributed by atoms with Crippen LogP contribution in [0.2, 0.25) is 0 Å². The molecule has 2 nitrogen and oxygen atoms in total. The number of rotatable bonds is 4. The quantitative estimate of drug-likeness (QED) is 0.904. The standard InChI is InChI=1S/C16H24FNO/c1-11-8-18(9-12(11)2)10-13(3)16(19)14-6-4-5-7-15(14)17/h4-7,11-13,16,19H,8-10H2,1-3H3. The second-order valence-electron chi connectivity index (χ2n) is 6.12. The molecular weight excluding hydrogens is 241 g/mol. The molecule has 19 heavy (non-hydrogen) atoms. The van der Waals surface area contributed by atoms with E-state index in [9.17, 15) is 9.50 Å². The van der Waals surface area contributed by atoms with Gasteiger partial charge in [-0.2, -0.15) is 0 Å². The average molecular weight is 265 g/mol. The first kappa shape index (κ1) is 14.5. The van der Waals surface area contributed by atoms with Crippen molar-refractivity contribution < 1.29 is 9.50 Å². The van der Waals surface area contributed by atoms with Crippen molar-refractivity contribution in [2.45, 2.75) is 26.9 Å². The third kappa shape index (κ3) is 3.34. The molecular formula is C16H24FNO. The number of likely N-dealkylation sites (tertiary alicyclic amines) is 1. The Hall–Kier alpha value is -0.930. The summed E-state index contributed by atoms with van der Waals surface area (Å²) in [5.74, 6) is 1.13. The molecule has 4 atom stereocenters. The van der Waals surface area contributed by atoms with Crippen molar-refractivity contribution in [3.63, 3.8) is 0 Å². The topological polar surface area (TPSA) is 23.5 Å². The van der Waals surface area contributed by atoms with Crippen LogP contribution < -0.4 is 0 Å². The number of hydrogen-bond donors (Lipinski definition) is 1. The van der Waals surface area contributed by atoms with Gasteiger partial charge in [0, 0.05) is 25.2 Å².